The molecule has 3 aromatic rings. The molecule has 1 aliphatic rings. The van der Waals surface area contributed by atoms with E-state index in [0.29, 0.717) is 6.04 Å². The predicted octanol–water partition coefficient (Wildman–Crippen LogP) is 4.38. The van der Waals surface area contributed by atoms with E-state index >= 15 is 0 Å². The monoisotopic (exact) mass is 349 g/mol. The normalized spacial score (nSPS) is 20.3. The Bertz CT molecular complexity index is 841. The highest BCUT2D eigenvalue weighted by Gasteiger charge is 2.26. The Morgan fingerprint density at radius 3 is 2.54 bits per heavy atom. The first-order valence-corrected chi connectivity index (χ1v) is 9.75. The molecule has 1 aromatic carbocycles. The maximum Gasteiger partial charge on any atom is 0.223 e. The molecular formula is C22H27N3O. The molecule has 4 heteroatoms. The third kappa shape index (κ3) is 3.69. The van der Waals surface area contributed by atoms with E-state index in [9.17, 15) is 4.79 Å². The van der Waals surface area contributed by atoms with Gasteiger partial charge in [-0.1, -0.05) is 18.2 Å². The van der Waals surface area contributed by atoms with Crippen LogP contribution in [0.3, 0.4) is 0 Å². The summed E-state index contributed by atoms with van der Waals surface area (Å²) in [7, 11) is 0. The highest BCUT2D eigenvalue weighted by molar-refractivity contribution is 5.80. The highest BCUT2D eigenvalue weighted by atomic mass is 16.1. The number of nitrogens with one attached hydrogen (secondary N) is 1. The number of carbonyl (C=O) groups excluding carboxylic acids is 1. The number of benzene rings is 1. The zero-order valence-corrected chi connectivity index (χ0v) is 15.2. The van der Waals surface area contributed by atoms with Gasteiger partial charge in [0.15, 0.2) is 0 Å². The lowest BCUT2D eigenvalue weighted by Crippen LogP contribution is -2.34. The number of amides is 1. The summed E-state index contributed by atoms with van der Waals surface area (Å²) in [5.41, 5.74) is 1.27. The second-order valence-electron chi connectivity index (χ2n) is 7.35. The number of fused-ring (bicyclic) bond motifs is 1. The Balaban J connectivity index is 1.20. The van der Waals surface area contributed by atoms with Gasteiger partial charge in [0.25, 0.3) is 0 Å². The van der Waals surface area contributed by atoms with Gasteiger partial charge in [0, 0.05) is 49.2 Å². The summed E-state index contributed by atoms with van der Waals surface area (Å²) in [6.45, 7) is 1.69. The highest BCUT2D eigenvalue weighted by Crippen LogP contribution is 2.32. The van der Waals surface area contributed by atoms with Crippen LogP contribution in [-0.4, -0.2) is 21.6 Å². The minimum atomic E-state index is 0.189. The summed E-state index contributed by atoms with van der Waals surface area (Å²) in [5, 5.41) is 4.43. The minimum Gasteiger partial charge on any atom is -0.356 e. The van der Waals surface area contributed by atoms with Crippen molar-refractivity contribution >= 4 is 16.8 Å². The first-order valence-electron chi connectivity index (χ1n) is 9.75. The minimum absolute atomic E-state index is 0.189. The molecule has 0 radical (unpaired) electrons. The number of hydrogen-bond acceptors (Lipinski definition) is 1. The summed E-state index contributed by atoms with van der Waals surface area (Å²) in [6.07, 6.45) is 11.6. The van der Waals surface area contributed by atoms with E-state index in [1.165, 1.54) is 10.9 Å². The molecule has 0 atom stereocenters. The zero-order valence-electron chi connectivity index (χ0n) is 15.2. The third-order valence-corrected chi connectivity index (χ3v) is 5.67. The van der Waals surface area contributed by atoms with Crippen molar-refractivity contribution in [2.75, 3.05) is 6.54 Å². The predicted molar refractivity (Wildman–Crippen MR) is 105 cm³/mol. The average Bonchev–Trinajstić information content (AvgIpc) is 3.35. The summed E-state index contributed by atoms with van der Waals surface area (Å²) < 4.78 is 4.55. The van der Waals surface area contributed by atoms with Gasteiger partial charge in [-0.15, -0.1) is 0 Å². The third-order valence-electron chi connectivity index (χ3n) is 5.67. The Morgan fingerprint density at radius 1 is 0.962 bits per heavy atom. The van der Waals surface area contributed by atoms with Gasteiger partial charge in [0.05, 0.1) is 0 Å². The van der Waals surface area contributed by atoms with Crippen molar-refractivity contribution in [2.24, 2.45) is 5.92 Å². The van der Waals surface area contributed by atoms with E-state index < -0.39 is 0 Å². The first kappa shape index (κ1) is 17.0. The standard InChI is InChI=1S/C22H27N3O/c26-22(19-8-10-20(11-9-19)24-14-3-4-15-24)23-13-5-16-25-17-12-18-6-1-2-7-21(18)25/h1-4,6-7,12,14-15,17,19-20H,5,8-11,13,16H2,(H,23,26). The van der Waals surface area contributed by atoms with E-state index in [1.807, 2.05) is 0 Å². The van der Waals surface area contributed by atoms with Crippen LogP contribution in [-0.2, 0) is 11.3 Å². The number of carbonyl (C=O) groups is 1. The Morgan fingerprint density at radius 2 is 1.73 bits per heavy atom. The zero-order chi connectivity index (χ0) is 17.8. The van der Waals surface area contributed by atoms with Crippen molar-refractivity contribution in [3.05, 3.63) is 61.1 Å². The van der Waals surface area contributed by atoms with Crippen LogP contribution in [0.15, 0.2) is 61.1 Å². The number of rotatable bonds is 6. The van der Waals surface area contributed by atoms with Crippen molar-refractivity contribution in [2.45, 2.75) is 44.7 Å². The molecule has 1 fully saturated rings. The van der Waals surface area contributed by atoms with Crippen molar-refractivity contribution in [3.8, 4) is 0 Å². The van der Waals surface area contributed by atoms with Gasteiger partial charge in [0.1, 0.15) is 0 Å². The topological polar surface area (TPSA) is 39.0 Å². The van der Waals surface area contributed by atoms with Crippen LogP contribution in [0, 0.1) is 5.92 Å². The Hall–Kier alpha value is -2.49. The lowest BCUT2D eigenvalue weighted by molar-refractivity contribution is -0.126. The molecule has 1 amide bonds. The largest absolute Gasteiger partial charge is 0.356 e. The van der Waals surface area contributed by atoms with Crippen LogP contribution in [0.4, 0.5) is 0 Å². The molecule has 0 spiro atoms. The second-order valence-corrected chi connectivity index (χ2v) is 7.35. The number of aryl methyl sites for hydroxylation is 1. The second kappa shape index (κ2) is 7.81. The van der Waals surface area contributed by atoms with Crippen LogP contribution in [0.5, 0.6) is 0 Å². The number of nitrogens with zero attached hydrogens (tertiary/aromatic N) is 2. The number of aromatic nitrogens is 2. The maximum absolute atomic E-state index is 12.4. The fraction of sp³-hybridized carbons (Fsp3) is 0.409. The molecular weight excluding hydrogens is 322 g/mol. The molecule has 2 heterocycles. The first-order chi connectivity index (χ1) is 12.8. The fourth-order valence-electron chi connectivity index (χ4n) is 4.17. The van der Waals surface area contributed by atoms with Gasteiger partial charge in [-0.2, -0.15) is 0 Å². The molecule has 26 heavy (non-hydrogen) atoms. The van der Waals surface area contributed by atoms with Crippen molar-refractivity contribution in [1.29, 1.82) is 0 Å². The molecule has 4 rings (SSSR count). The van der Waals surface area contributed by atoms with E-state index in [2.05, 4.69) is 75.5 Å². The molecule has 136 valence electrons. The maximum atomic E-state index is 12.4. The number of hydrogen-bond donors (Lipinski definition) is 1. The molecule has 0 bridgehead atoms. The summed E-state index contributed by atoms with van der Waals surface area (Å²) in [5.74, 6) is 0.433. The van der Waals surface area contributed by atoms with Crippen molar-refractivity contribution in [1.82, 2.24) is 14.5 Å². The smallest absolute Gasteiger partial charge is 0.223 e. The molecule has 1 saturated carbocycles. The van der Waals surface area contributed by atoms with E-state index in [1.54, 1.807) is 0 Å². The molecule has 0 aliphatic heterocycles. The van der Waals surface area contributed by atoms with Gasteiger partial charge in [-0.3, -0.25) is 4.79 Å². The van der Waals surface area contributed by atoms with Crippen LogP contribution in [0.25, 0.3) is 10.9 Å². The Labute approximate surface area is 154 Å². The summed E-state index contributed by atoms with van der Waals surface area (Å²) >= 11 is 0. The molecule has 0 unspecified atom stereocenters. The number of para-hydroxylation sites is 1. The van der Waals surface area contributed by atoms with Crippen LogP contribution < -0.4 is 5.32 Å². The van der Waals surface area contributed by atoms with Gasteiger partial charge < -0.3 is 14.5 Å². The van der Waals surface area contributed by atoms with Gasteiger partial charge in [-0.25, -0.2) is 0 Å². The Kier molecular flexibility index (Phi) is 5.09. The molecule has 2 aromatic heterocycles. The van der Waals surface area contributed by atoms with E-state index in [-0.39, 0.29) is 11.8 Å². The average molecular weight is 349 g/mol. The summed E-state index contributed by atoms with van der Waals surface area (Å²) in [4.78, 5) is 12.4. The lowest BCUT2D eigenvalue weighted by Gasteiger charge is -2.28. The van der Waals surface area contributed by atoms with E-state index in [0.717, 1.165) is 45.2 Å². The quantitative estimate of drug-likeness (QED) is 0.659. The van der Waals surface area contributed by atoms with Gasteiger partial charge >= 0.3 is 0 Å². The SMILES string of the molecule is O=C(NCCCn1ccc2ccccc21)C1CCC(n2cccc2)CC1. The summed E-state index contributed by atoms with van der Waals surface area (Å²) in [6, 6.07) is 15.3. The van der Waals surface area contributed by atoms with Gasteiger partial charge in [-0.05, 0) is 61.8 Å². The van der Waals surface area contributed by atoms with Crippen molar-refractivity contribution in [3.63, 3.8) is 0 Å². The van der Waals surface area contributed by atoms with Crippen LogP contribution in [0.1, 0.15) is 38.1 Å². The van der Waals surface area contributed by atoms with Crippen LogP contribution >= 0.6 is 0 Å². The lowest BCUT2D eigenvalue weighted by atomic mass is 9.85. The van der Waals surface area contributed by atoms with E-state index in [4.69, 9.17) is 0 Å². The molecule has 0 saturated heterocycles. The van der Waals surface area contributed by atoms with Gasteiger partial charge in [0.2, 0.25) is 5.91 Å². The fourth-order valence-corrected chi connectivity index (χ4v) is 4.17. The van der Waals surface area contributed by atoms with Crippen molar-refractivity contribution < 1.29 is 4.79 Å². The van der Waals surface area contributed by atoms with Crippen LogP contribution in [0.2, 0.25) is 0 Å². The molecule has 1 aliphatic carbocycles. The molecule has 4 nitrogen and oxygen atoms in total. The molecule has 1 N–H and O–H groups in total.